The van der Waals surface area contributed by atoms with Crippen LogP contribution in [0.15, 0.2) is 18.2 Å². The Hall–Kier alpha value is -1.48. The maximum Gasteiger partial charge on any atom is 0.321 e. The minimum absolute atomic E-state index is 0.127. The van der Waals surface area contributed by atoms with Crippen molar-refractivity contribution in [2.75, 3.05) is 31.5 Å². The van der Waals surface area contributed by atoms with E-state index in [0.29, 0.717) is 41.9 Å². The van der Waals surface area contributed by atoms with Crippen molar-refractivity contribution < 1.29 is 4.79 Å². The quantitative estimate of drug-likeness (QED) is 0.908. The van der Waals surface area contributed by atoms with Crippen LogP contribution in [0.5, 0.6) is 0 Å². The number of hydrogen-bond acceptors (Lipinski definition) is 3. The Balaban J connectivity index is 1.94. The lowest BCUT2D eigenvalue weighted by molar-refractivity contribution is 0.135. The van der Waals surface area contributed by atoms with Gasteiger partial charge in [-0.1, -0.05) is 23.2 Å². The maximum atomic E-state index is 12.2. The lowest BCUT2D eigenvalue weighted by Crippen LogP contribution is -2.52. The van der Waals surface area contributed by atoms with E-state index < -0.39 is 0 Å². The number of rotatable bonds is 2. The zero-order valence-corrected chi connectivity index (χ0v) is 13.2. The van der Waals surface area contributed by atoms with Crippen LogP contribution in [0, 0.1) is 11.3 Å². The number of urea groups is 1. The topological polar surface area (TPSA) is 59.4 Å². The first-order valence-electron chi connectivity index (χ1n) is 6.66. The first kappa shape index (κ1) is 15.9. The molecule has 0 bridgehead atoms. The Kier molecular flexibility index (Phi) is 5.29. The van der Waals surface area contributed by atoms with Gasteiger partial charge in [-0.25, -0.2) is 4.79 Å². The third-order valence-electron chi connectivity index (χ3n) is 3.51. The average molecular weight is 327 g/mol. The molecule has 1 N–H and O–H groups in total. The maximum absolute atomic E-state index is 12.2. The van der Waals surface area contributed by atoms with Crippen LogP contribution in [0.3, 0.4) is 0 Å². The van der Waals surface area contributed by atoms with Gasteiger partial charge in [0.1, 0.15) is 0 Å². The molecule has 1 aromatic carbocycles. The highest BCUT2D eigenvalue weighted by Crippen LogP contribution is 2.25. The Morgan fingerprint density at radius 3 is 2.62 bits per heavy atom. The number of hydrogen-bond donors (Lipinski definition) is 1. The molecule has 1 saturated heterocycles. The Morgan fingerprint density at radius 1 is 1.33 bits per heavy atom. The summed E-state index contributed by atoms with van der Waals surface area (Å²) in [5, 5.41) is 12.6. The standard InChI is InChI=1S/C14H16Cl2N4O/c1-10(9-17)19-4-6-20(7-5-19)14(21)18-13-8-11(15)2-3-12(13)16/h2-3,8,10H,4-7H2,1H3,(H,18,21). The summed E-state index contributed by atoms with van der Waals surface area (Å²) in [4.78, 5) is 16.0. The van der Waals surface area contributed by atoms with Crippen LogP contribution in [0.4, 0.5) is 10.5 Å². The van der Waals surface area contributed by atoms with Crippen LogP contribution in [-0.4, -0.2) is 48.1 Å². The van der Waals surface area contributed by atoms with Crippen molar-refractivity contribution in [1.29, 1.82) is 5.26 Å². The lowest BCUT2D eigenvalue weighted by atomic mass is 10.2. The molecule has 2 amide bonds. The van der Waals surface area contributed by atoms with E-state index in [1.807, 2.05) is 6.92 Å². The zero-order chi connectivity index (χ0) is 15.4. The monoisotopic (exact) mass is 326 g/mol. The summed E-state index contributed by atoms with van der Waals surface area (Å²) >= 11 is 11.9. The van der Waals surface area contributed by atoms with E-state index in [9.17, 15) is 4.79 Å². The van der Waals surface area contributed by atoms with E-state index in [-0.39, 0.29) is 12.1 Å². The van der Waals surface area contributed by atoms with Crippen LogP contribution in [0.2, 0.25) is 10.0 Å². The molecule has 1 heterocycles. The highest BCUT2D eigenvalue weighted by molar-refractivity contribution is 6.35. The number of nitriles is 1. The Morgan fingerprint density at radius 2 is 2.00 bits per heavy atom. The number of piperazine rings is 1. The highest BCUT2D eigenvalue weighted by Gasteiger charge is 2.24. The van der Waals surface area contributed by atoms with Crippen LogP contribution in [0.1, 0.15) is 6.92 Å². The van der Waals surface area contributed by atoms with Crippen molar-refractivity contribution in [1.82, 2.24) is 9.80 Å². The van der Waals surface area contributed by atoms with Gasteiger partial charge in [0.2, 0.25) is 0 Å². The second-order valence-corrected chi connectivity index (χ2v) is 5.73. The summed E-state index contributed by atoms with van der Waals surface area (Å²) < 4.78 is 0. The van der Waals surface area contributed by atoms with Crippen molar-refractivity contribution in [3.05, 3.63) is 28.2 Å². The molecule has 0 saturated carbocycles. The number of halogens is 2. The first-order chi connectivity index (χ1) is 10.0. The van der Waals surface area contributed by atoms with Gasteiger partial charge in [-0.2, -0.15) is 5.26 Å². The van der Waals surface area contributed by atoms with Gasteiger partial charge >= 0.3 is 6.03 Å². The molecule has 0 spiro atoms. The predicted molar refractivity (Wildman–Crippen MR) is 83.7 cm³/mol. The minimum atomic E-state index is -0.205. The van der Waals surface area contributed by atoms with Gasteiger partial charge in [-0.05, 0) is 25.1 Å². The molecule has 1 fully saturated rings. The minimum Gasteiger partial charge on any atom is -0.322 e. The third-order valence-corrected chi connectivity index (χ3v) is 4.07. The molecule has 1 aliphatic rings. The molecule has 21 heavy (non-hydrogen) atoms. The molecular weight excluding hydrogens is 311 g/mol. The van der Waals surface area contributed by atoms with Crippen LogP contribution in [-0.2, 0) is 0 Å². The van der Waals surface area contributed by atoms with E-state index >= 15 is 0 Å². The van der Waals surface area contributed by atoms with Crippen molar-refractivity contribution in [3.63, 3.8) is 0 Å². The number of anilines is 1. The summed E-state index contributed by atoms with van der Waals surface area (Å²) in [5.41, 5.74) is 0.502. The normalized spacial score (nSPS) is 17.1. The number of amides is 2. The fourth-order valence-corrected chi connectivity index (χ4v) is 2.52. The van der Waals surface area contributed by atoms with E-state index in [0.717, 1.165) is 0 Å². The van der Waals surface area contributed by atoms with Crippen molar-refractivity contribution in [2.45, 2.75) is 13.0 Å². The molecule has 1 unspecified atom stereocenters. The van der Waals surface area contributed by atoms with E-state index in [4.69, 9.17) is 28.5 Å². The van der Waals surface area contributed by atoms with E-state index in [2.05, 4.69) is 16.3 Å². The zero-order valence-electron chi connectivity index (χ0n) is 11.6. The lowest BCUT2D eigenvalue weighted by Gasteiger charge is -2.35. The molecule has 1 aliphatic heterocycles. The Bertz CT molecular complexity index is 565. The van der Waals surface area contributed by atoms with Crippen molar-refractivity contribution in [2.24, 2.45) is 0 Å². The van der Waals surface area contributed by atoms with Gasteiger partial charge < -0.3 is 10.2 Å². The smallest absolute Gasteiger partial charge is 0.321 e. The fourth-order valence-electron chi connectivity index (χ4n) is 2.18. The molecule has 5 nitrogen and oxygen atoms in total. The summed E-state index contributed by atoms with van der Waals surface area (Å²) in [6, 6.07) is 6.81. The van der Waals surface area contributed by atoms with Gasteiger partial charge in [-0.15, -0.1) is 0 Å². The molecule has 0 radical (unpaired) electrons. The predicted octanol–water partition coefficient (Wildman–Crippen LogP) is 3.05. The van der Waals surface area contributed by atoms with Crippen LogP contribution >= 0.6 is 23.2 Å². The van der Waals surface area contributed by atoms with Gasteiger partial charge in [0, 0.05) is 31.2 Å². The number of carbonyl (C=O) groups excluding carboxylic acids is 1. The largest absolute Gasteiger partial charge is 0.322 e. The molecular formula is C14H16Cl2N4O. The van der Waals surface area contributed by atoms with Crippen LogP contribution in [0.25, 0.3) is 0 Å². The molecule has 1 atom stereocenters. The van der Waals surface area contributed by atoms with Gasteiger partial charge in [0.25, 0.3) is 0 Å². The number of benzene rings is 1. The second kappa shape index (κ2) is 6.99. The second-order valence-electron chi connectivity index (χ2n) is 4.88. The highest BCUT2D eigenvalue weighted by atomic mass is 35.5. The fraction of sp³-hybridized carbons (Fsp3) is 0.429. The molecule has 0 aliphatic carbocycles. The Labute approximate surface area is 134 Å². The van der Waals surface area contributed by atoms with E-state index in [1.165, 1.54) is 0 Å². The molecule has 0 aromatic heterocycles. The third kappa shape index (κ3) is 4.01. The first-order valence-corrected chi connectivity index (χ1v) is 7.41. The van der Waals surface area contributed by atoms with Crippen molar-refractivity contribution >= 4 is 34.9 Å². The summed E-state index contributed by atoms with van der Waals surface area (Å²) in [7, 11) is 0. The summed E-state index contributed by atoms with van der Waals surface area (Å²) in [5.74, 6) is 0. The average Bonchev–Trinajstić information content (AvgIpc) is 2.50. The number of carbonyl (C=O) groups is 1. The van der Waals surface area contributed by atoms with Gasteiger partial charge in [0.05, 0.1) is 22.8 Å². The molecule has 2 rings (SSSR count). The van der Waals surface area contributed by atoms with Gasteiger partial charge in [0.15, 0.2) is 0 Å². The van der Waals surface area contributed by atoms with Gasteiger partial charge in [-0.3, -0.25) is 4.90 Å². The summed E-state index contributed by atoms with van der Waals surface area (Å²) in [6.45, 7) is 4.39. The number of nitrogens with one attached hydrogen (secondary N) is 1. The van der Waals surface area contributed by atoms with E-state index in [1.54, 1.807) is 23.1 Å². The molecule has 112 valence electrons. The van der Waals surface area contributed by atoms with Crippen LogP contribution < -0.4 is 5.32 Å². The summed E-state index contributed by atoms with van der Waals surface area (Å²) in [6.07, 6.45) is 0. The van der Waals surface area contributed by atoms with Crippen molar-refractivity contribution in [3.8, 4) is 6.07 Å². The molecule has 1 aromatic rings. The SMILES string of the molecule is CC(C#N)N1CCN(C(=O)Nc2cc(Cl)ccc2Cl)CC1. The number of nitrogens with zero attached hydrogens (tertiary/aromatic N) is 3. The molecule has 7 heteroatoms.